The van der Waals surface area contributed by atoms with Crippen LogP contribution in [0.4, 0.5) is 0 Å². The average Bonchev–Trinajstić information content (AvgIpc) is 2.14. The van der Waals surface area contributed by atoms with E-state index in [0.29, 0.717) is 0 Å². The van der Waals surface area contributed by atoms with Crippen LogP contribution in [0.25, 0.3) is 0 Å². The van der Waals surface area contributed by atoms with E-state index in [1.54, 1.807) is 0 Å². The van der Waals surface area contributed by atoms with Gasteiger partial charge >= 0.3 is 11.9 Å². The van der Waals surface area contributed by atoms with Crippen LogP contribution >= 0.6 is 0 Å². The first-order valence-electron chi connectivity index (χ1n) is 4.75. The Morgan fingerprint density at radius 1 is 0.941 bits per heavy atom. The van der Waals surface area contributed by atoms with E-state index < -0.39 is 54.9 Å². The van der Waals surface area contributed by atoms with E-state index in [0.717, 1.165) is 0 Å². The maximum atomic E-state index is 11.4. The molecule has 0 aromatic rings. The Labute approximate surface area is 96.6 Å². The molecule has 0 radical (unpaired) electrons. The van der Waals surface area contributed by atoms with Gasteiger partial charge in [0.05, 0.1) is 24.8 Å². The zero-order valence-electron chi connectivity index (χ0n) is 8.96. The second-order valence-electron chi connectivity index (χ2n) is 3.57. The molecule has 1 amide bonds. The van der Waals surface area contributed by atoms with Crippen LogP contribution in [0, 0.1) is 5.92 Å². The predicted octanol–water partition coefficient (Wildman–Crippen LogP) is -1.68. The fourth-order valence-electron chi connectivity index (χ4n) is 1.18. The predicted molar refractivity (Wildman–Crippen MR) is 54.8 cm³/mol. The van der Waals surface area contributed by atoms with E-state index >= 15 is 0 Å². The smallest absolute Gasteiger partial charge is 0.305 e. The number of amides is 1. The number of hydrogen-bond donors (Lipinski definition) is 4. The highest BCUT2D eigenvalue weighted by Crippen LogP contribution is 2.10. The van der Waals surface area contributed by atoms with E-state index in [1.807, 2.05) is 0 Å². The largest absolute Gasteiger partial charge is 0.481 e. The van der Waals surface area contributed by atoms with Gasteiger partial charge in [-0.2, -0.15) is 0 Å². The number of aliphatic carboxylic acids is 2. The van der Waals surface area contributed by atoms with Gasteiger partial charge < -0.3 is 21.7 Å². The maximum absolute atomic E-state index is 11.4. The highest BCUT2D eigenvalue weighted by molar-refractivity contribution is 5.92. The third-order valence-corrected chi connectivity index (χ3v) is 2.08. The van der Waals surface area contributed by atoms with Crippen LogP contribution in [0.15, 0.2) is 0 Å². The van der Waals surface area contributed by atoms with Gasteiger partial charge in [-0.05, 0) is 0 Å². The molecule has 2 atom stereocenters. The third-order valence-electron chi connectivity index (χ3n) is 2.08. The summed E-state index contributed by atoms with van der Waals surface area (Å²) >= 11 is 0. The number of carboxylic acids is 2. The minimum atomic E-state index is -1.27. The second kappa shape index (κ2) is 6.59. The van der Waals surface area contributed by atoms with Gasteiger partial charge in [-0.25, -0.2) is 0 Å². The van der Waals surface area contributed by atoms with Gasteiger partial charge in [0.2, 0.25) is 5.91 Å². The van der Waals surface area contributed by atoms with Crippen LogP contribution in [-0.2, 0) is 19.2 Å². The van der Waals surface area contributed by atoms with Crippen LogP contribution in [0.5, 0.6) is 0 Å². The third kappa shape index (κ3) is 6.25. The van der Waals surface area contributed by atoms with Gasteiger partial charge in [0.1, 0.15) is 0 Å². The molecule has 0 aromatic carbocycles. The number of ketones is 1. The molecule has 6 N–H and O–H groups in total. The van der Waals surface area contributed by atoms with Crippen molar-refractivity contribution in [3.63, 3.8) is 0 Å². The fourth-order valence-corrected chi connectivity index (χ4v) is 1.18. The van der Waals surface area contributed by atoms with Gasteiger partial charge in [-0.15, -0.1) is 0 Å². The Balaban J connectivity index is 4.44. The van der Waals surface area contributed by atoms with E-state index in [1.165, 1.54) is 0 Å². The van der Waals surface area contributed by atoms with Gasteiger partial charge in [-0.1, -0.05) is 0 Å². The summed E-state index contributed by atoms with van der Waals surface area (Å²) in [5.74, 6) is -5.31. The summed E-state index contributed by atoms with van der Waals surface area (Å²) < 4.78 is 0. The molecule has 0 bridgehead atoms. The Kier molecular flexibility index (Phi) is 5.83. The molecule has 0 aliphatic carbocycles. The van der Waals surface area contributed by atoms with Crippen molar-refractivity contribution in [3.05, 3.63) is 0 Å². The molecule has 0 aliphatic heterocycles. The van der Waals surface area contributed by atoms with Crippen LogP contribution in [-0.4, -0.2) is 39.9 Å². The number of hydrogen-bond acceptors (Lipinski definition) is 5. The maximum Gasteiger partial charge on any atom is 0.305 e. The number of carbonyl (C=O) groups excluding carboxylic acids is 2. The SMILES string of the molecule is NC(=O)C(CC(=O)O)CC(=O)C(N)CC(=O)O. The number of primary amides is 1. The number of nitrogens with two attached hydrogens (primary N) is 2. The van der Waals surface area contributed by atoms with Gasteiger partial charge in [0.15, 0.2) is 5.78 Å². The molecule has 0 fully saturated rings. The Bertz CT molecular complexity index is 340. The van der Waals surface area contributed by atoms with Crippen molar-refractivity contribution < 1.29 is 29.4 Å². The molecule has 0 saturated heterocycles. The first-order chi connectivity index (χ1) is 7.73. The average molecular weight is 246 g/mol. The lowest BCUT2D eigenvalue weighted by Crippen LogP contribution is -2.37. The molecule has 8 heteroatoms. The molecular weight excluding hydrogens is 232 g/mol. The topological polar surface area (TPSA) is 161 Å². The van der Waals surface area contributed by atoms with Crippen molar-refractivity contribution in [2.24, 2.45) is 17.4 Å². The monoisotopic (exact) mass is 246 g/mol. The molecule has 96 valence electrons. The summed E-state index contributed by atoms with van der Waals surface area (Å²) in [5, 5.41) is 16.9. The molecule has 8 nitrogen and oxygen atoms in total. The highest BCUT2D eigenvalue weighted by Gasteiger charge is 2.26. The minimum Gasteiger partial charge on any atom is -0.481 e. The quantitative estimate of drug-likeness (QED) is 0.397. The molecule has 0 heterocycles. The van der Waals surface area contributed by atoms with Crippen LogP contribution in [0.1, 0.15) is 19.3 Å². The van der Waals surface area contributed by atoms with Crippen LogP contribution in [0.2, 0.25) is 0 Å². The molecule has 0 saturated carbocycles. The molecule has 0 aromatic heterocycles. The Hall–Kier alpha value is -1.96. The van der Waals surface area contributed by atoms with E-state index in [2.05, 4.69) is 0 Å². The molecule has 0 aliphatic rings. The zero-order chi connectivity index (χ0) is 13.6. The number of carbonyl (C=O) groups is 4. The standard InChI is InChI=1S/C9H14N2O6/c10-5(3-8(15)16)6(12)1-4(9(11)17)2-7(13)14/h4-5H,1-3,10H2,(H2,11,17)(H,13,14)(H,15,16). The fraction of sp³-hybridized carbons (Fsp3) is 0.556. The van der Waals surface area contributed by atoms with E-state index in [-0.39, 0.29) is 0 Å². The van der Waals surface area contributed by atoms with Crippen molar-refractivity contribution in [2.45, 2.75) is 25.3 Å². The van der Waals surface area contributed by atoms with Crippen LogP contribution in [0.3, 0.4) is 0 Å². The van der Waals surface area contributed by atoms with Crippen LogP contribution < -0.4 is 11.5 Å². The Morgan fingerprint density at radius 2 is 1.41 bits per heavy atom. The molecule has 17 heavy (non-hydrogen) atoms. The lowest BCUT2D eigenvalue weighted by molar-refractivity contribution is -0.142. The van der Waals surface area contributed by atoms with Gasteiger partial charge in [0, 0.05) is 6.42 Å². The molecule has 0 spiro atoms. The summed E-state index contributed by atoms with van der Waals surface area (Å²) in [7, 11) is 0. The van der Waals surface area contributed by atoms with Gasteiger partial charge in [0.25, 0.3) is 0 Å². The van der Waals surface area contributed by atoms with Gasteiger partial charge in [-0.3, -0.25) is 19.2 Å². The summed E-state index contributed by atoms with van der Waals surface area (Å²) in [5.41, 5.74) is 10.2. The first-order valence-corrected chi connectivity index (χ1v) is 4.75. The van der Waals surface area contributed by atoms with Crippen molar-refractivity contribution in [1.29, 1.82) is 0 Å². The normalized spacial score (nSPS) is 13.7. The van der Waals surface area contributed by atoms with Crippen molar-refractivity contribution in [3.8, 4) is 0 Å². The summed E-state index contributed by atoms with van der Waals surface area (Å²) in [6, 6.07) is -1.26. The lowest BCUT2D eigenvalue weighted by atomic mass is 9.94. The van der Waals surface area contributed by atoms with Crippen molar-refractivity contribution in [2.75, 3.05) is 0 Å². The van der Waals surface area contributed by atoms with E-state index in [9.17, 15) is 19.2 Å². The lowest BCUT2D eigenvalue weighted by Gasteiger charge is -2.12. The minimum absolute atomic E-state index is 0.462. The number of Topliss-reactive ketones (excluding diaryl/α,β-unsaturated/α-hetero) is 1. The molecule has 2 unspecified atom stereocenters. The van der Waals surface area contributed by atoms with Crippen molar-refractivity contribution >= 4 is 23.6 Å². The molecule has 0 rings (SSSR count). The second-order valence-corrected chi connectivity index (χ2v) is 3.57. The summed E-state index contributed by atoms with van der Waals surface area (Å²) in [6.07, 6.45) is -1.62. The first kappa shape index (κ1) is 15.0. The van der Waals surface area contributed by atoms with E-state index in [4.69, 9.17) is 21.7 Å². The van der Waals surface area contributed by atoms with Crippen molar-refractivity contribution in [1.82, 2.24) is 0 Å². The number of rotatable bonds is 8. The molecular formula is C9H14N2O6. The summed E-state index contributed by atoms with van der Waals surface area (Å²) in [6.45, 7) is 0. The zero-order valence-corrected chi connectivity index (χ0v) is 8.96. The highest BCUT2D eigenvalue weighted by atomic mass is 16.4. The Morgan fingerprint density at radius 3 is 1.76 bits per heavy atom. The number of carboxylic acid groups (broad SMARTS) is 2. The summed E-state index contributed by atoms with van der Waals surface area (Å²) in [4.78, 5) is 42.9.